The molecule has 0 N–H and O–H groups in total. The van der Waals surface area contributed by atoms with Gasteiger partial charge in [0.1, 0.15) is 4.60 Å². The van der Waals surface area contributed by atoms with Gasteiger partial charge in [-0.1, -0.05) is 0 Å². The second kappa shape index (κ2) is 4.87. The number of carboxylic acids is 1. The Morgan fingerprint density at radius 1 is 1.64 bits per heavy atom. The van der Waals surface area contributed by atoms with Crippen LogP contribution in [0.2, 0.25) is 0 Å². The summed E-state index contributed by atoms with van der Waals surface area (Å²) in [5.41, 5.74) is 0.127. The average Bonchev–Trinajstić information content (AvgIpc) is 1.88. The molecule has 0 aliphatic carbocycles. The number of nitrogens with zero attached hydrogens (tertiary/aromatic N) is 1. The van der Waals surface area contributed by atoms with Crippen molar-refractivity contribution in [2.45, 2.75) is 0 Å². The van der Waals surface area contributed by atoms with Crippen LogP contribution in [0.1, 0.15) is 10.4 Å². The molecular weight excluding hydrogens is 221 g/mol. The summed E-state index contributed by atoms with van der Waals surface area (Å²) in [5, 5.41) is 10.2. The second-order valence-corrected chi connectivity index (χ2v) is 2.47. The molecule has 0 fully saturated rings. The van der Waals surface area contributed by atoms with E-state index in [1.807, 2.05) is 0 Å². The summed E-state index contributed by atoms with van der Waals surface area (Å²) in [5.74, 6) is -1.19. The van der Waals surface area contributed by atoms with E-state index in [9.17, 15) is 9.90 Å². The maximum Gasteiger partial charge on any atom is 1.00 e. The van der Waals surface area contributed by atoms with Gasteiger partial charge in [-0.15, -0.1) is 0 Å². The molecule has 0 aliphatic heterocycles. The number of carbonyl (C=O) groups excluding carboxylic acids is 1. The number of halogens is 1. The second-order valence-electron chi connectivity index (χ2n) is 1.65. The molecule has 0 unspecified atom stereocenters. The van der Waals surface area contributed by atoms with E-state index in [1.54, 1.807) is 0 Å². The number of hydrogen-bond donors (Lipinski definition) is 0. The smallest absolute Gasteiger partial charge is 0.545 e. The minimum absolute atomic E-state index is 0. The molecule has 3 nitrogen and oxygen atoms in total. The maximum atomic E-state index is 10.2. The Balaban J connectivity index is 0.000001000. The van der Waals surface area contributed by atoms with Gasteiger partial charge in [-0.05, 0) is 28.1 Å². The van der Waals surface area contributed by atoms with Crippen LogP contribution < -0.4 is 34.7 Å². The molecule has 0 saturated heterocycles. The monoisotopic (exact) mass is 223 g/mol. The number of aromatic carboxylic acids is 1. The van der Waals surface area contributed by atoms with Crippen LogP contribution in [0.4, 0.5) is 0 Å². The van der Waals surface area contributed by atoms with Crippen molar-refractivity contribution in [3.63, 3.8) is 0 Å². The minimum atomic E-state index is -1.19. The van der Waals surface area contributed by atoms with Gasteiger partial charge >= 0.3 is 29.6 Å². The summed E-state index contributed by atoms with van der Waals surface area (Å²) in [6, 6.07) is 2.76. The Hall–Kier alpha value is 0.100. The molecule has 1 aromatic heterocycles. The fourth-order valence-corrected chi connectivity index (χ4v) is 0.894. The van der Waals surface area contributed by atoms with Crippen molar-refractivity contribution < 1.29 is 39.5 Å². The van der Waals surface area contributed by atoms with Crippen LogP contribution in [0, 0.1) is 0 Å². The Labute approximate surface area is 94.3 Å². The van der Waals surface area contributed by atoms with Crippen LogP contribution in [0.15, 0.2) is 22.9 Å². The number of rotatable bonds is 1. The van der Waals surface area contributed by atoms with Crippen molar-refractivity contribution in [2.75, 3.05) is 0 Å². The molecule has 1 aromatic rings. The molecular formula is C6H3BrNNaO2. The topological polar surface area (TPSA) is 53.0 Å². The molecule has 0 aliphatic rings. The first-order chi connectivity index (χ1) is 4.70. The summed E-state index contributed by atoms with van der Waals surface area (Å²) in [7, 11) is 0. The fourth-order valence-electron chi connectivity index (χ4n) is 0.529. The van der Waals surface area contributed by atoms with Crippen molar-refractivity contribution in [3.05, 3.63) is 28.5 Å². The van der Waals surface area contributed by atoms with E-state index in [4.69, 9.17) is 0 Å². The third-order valence-electron chi connectivity index (χ3n) is 0.962. The average molecular weight is 224 g/mol. The van der Waals surface area contributed by atoms with Gasteiger partial charge in [0, 0.05) is 11.8 Å². The van der Waals surface area contributed by atoms with Crippen LogP contribution in [0.5, 0.6) is 0 Å². The van der Waals surface area contributed by atoms with Gasteiger partial charge in [-0.3, -0.25) is 0 Å². The number of pyridine rings is 1. The summed E-state index contributed by atoms with van der Waals surface area (Å²) in [4.78, 5) is 13.9. The molecule has 5 heteroatoms. The molecule has 0 radical (unpaired) electrons. The van der Waals surface area contributed by atoms with E-state index in [-0.39, 0.29) is 35.1 Å². The standard InChI is InChI=1S/C6H4BrNO2.Na/c7-5-3-4(6(9)10)1-2-8-5;/h1-3H,(H,9,10);/q;+1/p-1. The first-order valence-electron chi connectivity index (χ1n) is 2.53. The molecule has 0 bridgehead atoms. The van der Waals surface area contributed by atoms with E-state index in [0.29, 0.717) is 4.60 Å². The first kappa shape index (κ1) is 11.1. The number of carbonyl (C=O) groups is 1. The summed E-state index contributed by atoms with van der Waals surface area (Å²) in [6.07, 6.45) is 1.40. The van der Waals surface area contributed by atoms with Gasteiger partial charge in [0.25, 0.3) is 0 Å². The van der Waals surface area contributed by atoms with Crippen LogP contribution in [0.3, 0.4) is 0 Å². The van der Waals surface area contributed by atoms with Gasteiger partial charge < -0.3 is 9.90 Å². The zero-order chi connectivity index (χ0) is 7.56. The summed E-state index contributed by atoms with van der Waals surface area (Å²) in [6.45, 7) is 0. The van der Waals surface area contributed by atoms with Crippen molar-refractivity contribution >= 4 is 21.9 Å². The van der Waals surface area contributed by atoms with Gasteiger partial charge in [-0.2, -0.15) is 0 Å². The third-order valence-corrected chi connectivity index (χ3v) is 1.40. The normalized spacial score (nSPS) is 8.45. The van der Waals surface area contributed by atoms with Gasteiger partial charge in [-0.25, -0.2) is 4.98 Å². The van der Waals surface area contributed by atoms with E-state index in [2.05, 4.69) is 20.9 Å². The van der Waals surface area contributed by atoms with Crippen molar-refractivity contribution in [1.29, 1.82) is 0 Å². The van der Waals surface area contributed by atoms with Crippen LogP contribution >= 0.6 is 15.9 Å². The van der Waals surface area contributed by atoms with E-state index >= 15 is 0 Å². The minimum Gasteiger partial charge on any atom is -0.545 e. The van der Waals surface area contributed by atoms with Crippen molar-refractivity contribution in [2.24, 2.45) is 0 Å². The van der Waals surface area contributed by atoms with Gasteiger partial charge in [0.2, 0.25) is 0 Å². The first-order valence-corrected chi connectivity index (χ1v) is 3.32. The summed E-state index contributed by atoms with van der Waals surface area (Å²) >= 11 is 3.03. The fraction of sp³-hybridized carbons (Fsp3) is 0. The third kappa shape index (κ3) is 3.33. The zero-order valence-electron chi connectivity index (χ0n) is 5.87. The molecule has 1 heterocycles. The molecule has 11 heavy (non-hydrogen) atoms. The van der Waals surface area contributed by atoms with Gasteiger partial charge in [0.15, 0.2) is 0 Å². The largest absolute Gasteiger partial charge is 1.00 e. The molecule has 52 valence electrons. The Bertz CT molecular complexity index is 267. The number of carboxylic acid groups (broad SMARTS) is 1. The van der Waals surface area contributed by atoms with Crippen LogP contribution in [0.25, 0.3) is 0 Å². The van der Waals surface area contributed by atoms with Gasteiger partial charge in [0.05, 0.1) is 5.97 Å². The van der Waals surface area contributed by atoms with Crippen molar-refractivity contribution in [3.8, 4) is 0 Å². The van der Waals surface area contributed by atoms with E-state index in [1.165, 1.54) is 18.3 Å². The molecule has 0 aromatic carbocycles. The maximum absolute atomic E-state index is 10.2. The summed E-state index contributed by atoms with van der Waals surface area (Å²) < 4.78 is 0.495. The van der Waals surface area contributed by atoms with E-state index < -0.39 is 5.97 Å². The predicted octanol–water partition coefficient (Wildman–Crippen LogP) is -2.79. The van der Waals surface area contributed by atoms with Crippen LogP contribution in [-0.2, 0) is 0 Å². The Morgan fingerprint density at radius 2 is 2.27 bits per heavy atom. The molecule has 0 saturated carbocycles. The quantitative estimate of drug-likeness (QED) is 0.382. The zero-order valence-corrected chi connectivity index (χ0v) is 9.46. The number of hydrogen-bond acceptors (Lipinski definition) is 3. The predicted molar refractivity (Wildman–Crippen MR) is 36.3 cm³/mol. The molecule has 0 amide bonds. The molecule has 1 rings (SSSR count). The Kier molecular flexibility index (Phi) is 4.92. The Morgan fingerprint density at radius 3 is 2.64 bits per heavy atom. The molecule has 0 atom stereocenters. The number of aromatic nitrogens is 1. The van der Waals surface area contributed by atoms with E-state index in [0.717, 1.165) is 0 Å². The van der Waals surface area contributed by atoms with Crippen molar-refractivity contribution in [1.82, 2.24) is 4.98 Å². The molecule has 0 spiro atoms. The van der Waals surface area contributed by atoms with Crippen LogP contribution in [-0.4, -0.2) is 11.0 Å². The SMILES string of the molecule is O=C([O-])c1ccnc(Br)c1.[Na+].